The van der Waals surface area contributed by atoms with Crippen LogP contribution in [-0.4, -0.2) is 41.6 Å². The zero-order chi connectivity index (χ0) is 20.7. The molecule has 1 N–H and O–H groups in total. The van der Waals surface area contributed by atoms with Crippen LogP contribution >= 0.6 is 0 Å². The van der Waals surface area contributed by atoms with Gasteiger partial charge in [-0.25, -0.2) is 0 Å². The summed E-state index contributed by atoms with van der Waals surface area (Å²) in [5.74, 6) is 1.10. The van der Waals surface area contributed by atoms with E-state index < -0.39 is 0 Å². The average Bonchev–Trinajstić information content (AvgIpc) is 3.13. The summed E-state index contributed by atoms with van der Waals surface area (Å²) in [6, 6.07) is 7.62. The largest absolute Gasteiger partial charge is 0.341 e. The highest BCUT2D eigenvalue weighted by atomic mass is 16.2. The summed E-state index contributed by atoms with van der Waals surface area (Å²) in [7, 11) is 0. The van der Waals surface area contributed by atoms with Crippen molar-refractivity contribution in [1.82, 2.24) is 9.47 Å². The van der Waals surface area contributed by atoms with Crippen LogP contribution in [0.2, 0.25) is 0 Å². The highest BCUT2D eigenvalue weighted by Gasteiger charge is 2.37. The number of hydrogen-bond acceptors (Lipinski definition) is 1. The van der Waals surface area contributed by atoms with E-state index in [0.29, 0.717) is 12.5 Å². The van der Waals surface area contributed by atoms with Gasteiger partial charge in [-0.15, -0.1) is 0 Å². The molecule has 1 aromatic heterocycles. The van der Waals surface area contributed by atoms with Crippen molar-refractivity contribution in [3.63, 3.8) is 0 Å². The standard InChI is InChI=1S/C26H37N3O/c1-3-27(4-2)18-25(30)28-15-16-29-23-14-13-20(19-9-6-5-7-10-19)17-22(23)21-11-8-12-24(28)26(21)29/h13-14,17,19,24H,3-12,15-16,18H2,1-2H3/p+1/t24-/m1/s1. The maximum Gasteiger partial charge on any atom is 0.278 e. The van der Waals surface area contributed by atoms with E-state index in [-0.39, 0.29) is 6.04 Å². The van der Waals surface area contributed by atoms with E-state index >= 15 is 0 Å². The van der Waals surface area contributed by atoms with Gasteiger partial charge in [-0.05, 0) is 75.1 Å². The lowest BCUT2D eigenvalue weighted by atomic mass is 9.83. The summed E-state index contributed by atoms with van der Waals surface area (Å²) < 4.78 is 2.56. The van der Waals surface area contributed by atoms with Crippen LogP contribution in [0.25, 0.3) is 10.9 Å². The van der Waals surface area contributed by atoms with Crippen molar-refractivity contribution in [2.75, 3.05) is 26.2 Å². The molecule has 1 amide bonds. The molecule has 4 heteroatoms. The highest BCUT2D eigenvalue weighted by Crippen LogP contribution is 2.44. The first-order valence-electron chi connectivity index (χ1n) is 12.5. The second-order valence-corrected chi connectivity index (χ2v) is 9.76. The van der Waals surface area contributed by atoms with Gasteiger partial charge in [0.05, 0.1) is 19.1 Å². The number of rotatable bonds is 5. The summed E-state index contributed by atoms with van der Waals surface area (Å²) in [4.78, 5) is 16.8. The lowest BCUT2D eigenvalue weighted by molar-refractivity contribution is -0.888. The zero-order valence-electron chi connectivity index (χ0n) is 18.9. The molecule has 1 atom stereocenters. The van der Waals surface area contributed by atoms with Crippen LogP contribution in [0.1, 0.15) is 87.6 Å². The van der Waals surface area contributed by atoms with Crippen LogP contribution in [-0.2, 0) is 17.8 Å². The second-order valence-electron chi connectivity index (χ2n) is 9.76. The van der Waals surface area contributed by atoms with Crippen molar-refractivity contribution >= 4 is 16.8 Å². The first kappa shape index (κ1) is 20.1. The third-order valence-electron chi connectivity index (χ3n) is 8.20. The van der Waals surface area contributed by atoms with Crippen molar-refractivity contribution in [3.8, 4) is 0 Å². The molecule has 0 saturated heterocycles. The molecule has 4 nitrogen and oxygen atoms in total. The van der Waals surface area contributed by atoms with Crippen LogP contribution in [0, 0.1) is 0 Å². The van der Waals surface area contributed by atoms with Gasteiger partial charge in [0.1, 0.15) is 0 Å². The Morgan fingerprint density at radius 1 is 1.03 bits per heavy atom. The van der Waals surface area contributed by atoms with Gasteiger partial charge in [-0.3, -0.25) is 4.79 Å². The van der Waals surface area contributed by atoms with Gasteiger partial charge in [0.25, 0.3) is 5.91 Å². The minimum absolute atomic E-state index is 0.287. The van der Waals surface area contributed by atoms with Crippen LogP contribution in [0.5, 0.6) is 0 Å². The third kappa shape index (κ3) is 3.37. The molecule has 1 fully saturated rings. The molecule has 2 aliphatic carbocycles. The third-order valence-corrected chi connectivity index (χ3v) is 8.20. The molecule has 162 valence electrons. The van der Waals surface area contributed by atoms with E-state index in [4.69, 9.17) is 0 Å². The van der Waals surface area contributed by atoms with Crippen molar-refractivity contribution < 1.29 is 9.69 Å². The molecule has 1 aliphatic heterocycles. The average molecular weight is 409 g/mol. The molecule has 0 unspecified atom stereocenters. The number of aromatic nitrogens is 1. The number of likely N-dealkylation sites (N-methyl/N-ethyl adjacent to an activating group) is 1. The zero-order valence-corrected chi connectivity index (χ0v) is 18.9. The van der Waals surface area contributed by atoms with Crippen molar-refractivity contribution in [1.29, 1.82) is 0 Å². The number of fused-ring (bicyclic) bond motifs is 3. The first-order valence-corrected chi connectivity index (χ1v) is 12.5. The second kappa shape index (κ2) is 8.37. The predicted octanol–water partition coefficient (Wildman–Crippen LogP) is 3.83. The minimum Gasteiger partial charge on any atom is -0.341 e. The Bertz CT molecular complexity index is 920. The van der Waals surface area contributed by atoms with E-state index in [0.717, 1.165) is 38.5 Å². The van der Waals surface area contributed by atoms with Gasteiger partial charge in [-0.2, -0.15) is 0 Å². The number of nitrogens with one attached hydrogen (secondary N) is 1. The Morgan fingerprint density at radius 2 is 1.83 bits per heavy atom. The summed E-state index contributed by atoms with van der Waals surface area (Å²) >= 11 is 0. The van der Waals surface area contributed by atoms with Crippen LogP contribution in [0.4, 0.5) is 0 Å². The molecular formula is C26H38N3O+. The normalized spacial score (nSPS) is 22.0. The van der Waals surface area contributed by atoms with Gasteiger partial charge in [0, 0.05) is 29.7 Å². The predicted molar refractivity (Wildman–Crippen MR) is 122 cm³/mol. The van der Waals surface area contributed by atoms with Crippen molar-refractivity contribution in [2.24, 2.45) is 0 Å². The summed E-state index contributed by atoms with van der Waals surface area (Å²) in [6.07, 6.45) is 10.4. The summed E-state index contributed by atoms with van der Waals surface area (Å²) in [6.45, 7) is 8.87. The molecule has 0 radical (unpaired) electrons. The molecule has 2 aromatic rings. The van der Waals surface area contributed by atoms with Crippen molar-refractivity contribution in [3.05, 3.63) is 35.0 Å². The number of hydrogen-bond donors (Lipinski definition) is 1. The smallest absolute Gasteiger partial charge is 0.278 e. The molecule has 1 aromatic carbocycles. The Labute approximate surface area is 181 Å². The molecule has 30 heavy (non-hydrogen) atoms. The van der Waals surface area contributed by atoms with E-state index in [1.54, 1.807) is 11.1 Å². The number of amides is 1. The number of aryl methyl sites for hydroxylation is 1. The molecule has 2 heterocycles. The number of nitrogens with zero attached hydrogens (tertiary/aromatic N) is 2. The molecule has 5 rings (SSSR count). The lowest BCUT2D eigenvalue weighted by Gasteiger charge is -2.40. The van der Waals surface area contributed by atoms with Gasteiger partial charge < -0.3 is 14.4 Å². The highest BCUT2D eigenvalue weighted by molar-refractivity contribution is 5.88. The number of carbonyl (C=O) groups is 1. The Hall–Kier alpha value is -1.81. The Kier molecular flexibility index (Phi) is 5.61. The van der Waals surface area contributed by atoms with E-state index in [9.17, 15) is 4.79 Å². The molecule has 3 aliphatic rings. The fourth-order valence-corrected chi connectivity index (χ4v) is 6.43. The SMILES string of the molecule is CC[NH+](CC)CC(=O)N1CCn2c3c(c4cc(C5CCCCC5)ccc42)CCC[C@H]31. The van der Waals surface area contributed by atoms with Crippen LogP contribution < -0.4 is 4.90 Å². The van der Waals surface area contributed by atoms with Gasteiger partial charge in [0.2, 0.25) is 0 Å². The van der Waals surface area contributed by atoms with Crippen LogP contribution in [0.3, 0.4) is 0 Å². The van der Waals surface area contributed by atoms with E-state index in [2.05, 4.69) is 41.5 Å². The molecule has 0 spiro atoms. The summed E-state index contributed by atoms with van der Waals surface area (Å²) in [5.41, 5.74) is 5.98. The van der Waals surface area contributed by atoms with Gasteiger partial charge in [0.15, 0.2) is 6.54 Å². The van der Waals surface area contributed by atoms with E-state index in [1.165, 1.54) is 66.4 Å². The number of quaternary nitrogens is 1. The fraction of sp³-hybridized carbons (Fsp3) is 0.654. The fourth-order valence-electron chi connectivity index (χ4n) is 6.43. The van der Waals surface area contributed by atoms with Crippen molar-refractivity contribution in [2.45, 2.75) is 83.7 Å². The van der Waals surface area contributed by atoms with Gasteiger partial charge in [-0.1, -0.05) is 25.3 Å². The maximum absolute atomic E-state index is 13.2. The molecule has 0 bridgehead atoms. The topological polar surface area (TPSA) is 29.7 Å². The van der Waals surface area contributed by atoms with Gasteiger partial charge >= 0.3 is 0 Å². The minimum atomic E-state index is 0.287. The molecular weight excluding hydrogens is 370 g/mol. The number of benzene rings is 1. The number of carbonyl (C=O) groups excluding carboxylic acids is 1. The lowest BCUT2D eigenvalue weighted by Crippen LogP contribution is -3.12. The Morgan fingerprint density at radius 3 is 2.60 bits per heavy atom. The Balaban J connectivity index is 1.49. The quantitative estimate of drug-likeness (QED) is 0.801. The van der Waals surface area contributed by atoms with Crippen LogP contribution in [0.15, 0.2) is 18.2 Å². The maximum atomic E-state index is 13.2. The monoisotopic (exact) mass is 408 g/mol. The molecule has 1 saturated carbocycles. The van der Waals surface area contributed by atoms with E-state index in [1.807, 2.05) is 0 Å². The summed E-state index contributed by atoms with van der Waals surface area (Å²) in [5, 5.41) is 1.49. The first-order chi connectivity index (χ1) is 14.7.